The second-order valence-corrected chi connectivity index (χ2v) is 4.57. The van der Waals surface area contributed by atoms with Crippen molar-refractivity contribution in [1.82, 2.24) is 10.3 Å². The summed E-state index contributed by atoms with van der Waals surface area (Å²) in [5, 5.41) is 30.4. The van der Waals surface area contributed by atoms with Gasteiger partial charge in [0.1, 0.15) is 5.54 Å². The van der Waals surface area contributed by atoms with Crippen LogP contribution in [0.3, 0.4) is 0 Å². The van der Waals surface area contributed by atoms with Gasteiger partial charge in [0.05, 0.1) is 10.6 Å². The molecule has 0 saturated heterocycles. The van der Waals surface area contributed by atoms with Crippen LogP contribution in [0.25, 0.3) is 11.0 Å². The van der Waals surface area contributed by atoms with Crippen molar-refractivity contribution in [2.75, 3.05) is 5.32 Å². The monoisotopic (exact) mass is 294 g/mol. The molecular formula is C12H14N4O5. The van der Waals surface area contributed by atoms with Gasteiger partial charge < -0.3 is 10.4 Å². The fourth-order valence-electron chi connectivity index (χ4n) is 2.14. The average molecular weight is 294 g/mol. The fourth-order valence-corrected chi connectivity index (χ4v) is 2.14. The first-order chi connectivity index (χ1) is 9.95. The second-order valence-electron chi connectivity index (χ2n) is 4.57. The van der Waals surface area contributed by atoms with Crippen LogP contribution in [0.15, 0.2) is 16.8 Å². The molecule has 0 unspecified atom stereocenters. The van der Waals surface area contributed by atoms with Gasteiger partial charge in [0.15, 0.2) is 5.52 Å². The zero-order valence-corrected chi connectivity index (χ0v) is 11.5. The molecule has 2 N–H and O–H groups in total. The van der Waals surface area contributed by atoms with Crippen LogP contribution in [0.4, 0.5) is 11.4 Å². The van der Waals surface area contributed by atoms with Crippen molar-refractivity contribution in [2.45, 2.75) is 32.2 Å². The van der Waals surface area contributed by atoms with Crippen LogP contribution in [0.1, 0.15) is 26.7 Å². The molecule has 2 aromatic rings. The molecule has 0 radical (unpaired) electrons. The molecule has 1 aromatic carbocycles. The van der Waals surface area contributed by atoms with Crippen molar-refractivity contribution in [3.8, 4) is 0 Å². The molecular weight excluding hydrogens is 280 g/mol. The number of carboxylic acid groups (broad SMARTS) is 1. The normalized spacial score (nSPS) is 11.5. The van der Waals surface area contributed by atoms with Gasteiger partial charge in [-0.2, -0.15) is 0 Å². The van der Waals surface area contributed by atoms with Crippen molar-refractivity contribution in [1.29, 1.82) is 0 Å². The maximum absolute atomic E-state index is 11.5. The standard InChI is InChI=1S/C12H14N4O5/c1-3-12(4-2,11(17)18)13-7-5-6-8(16(19)20)10-9(7)14-21-15-10/h5-6,13H,3-4H2,1-2H3,(H,17,18). The number of nitro groups is 1. The van der Waals surface area contributed by atoms with Gasteiger partial charge in [-0.05, 0) is 29.2 Å². The summed E-state index contributed by atoms with van der Waals surface area (Å²) < 4.78 is 4.55. The number of fused-ring (bicyclic) bond motifs is 1. The van der Waals surface area contributed by atoms with Gasteiger partial charge in [-0.25, -0.2) is 9.42 Å². The molecule has 21 heavy (non-hydrogen) atoms. The minimum Gasteiger partial charge on any atom is -0.480 e. The number of hydrogen-bond acceptors (Lipinski definition) is 7. The minimum absolute atomic E-state index is 0.0171. The summed E-state index contributed by atoms with van der Waals surface area (Å²) >= 11 is 0. The van der Waals surface area contributed by atoms with E-state index < -0.39 is 16.4 Å². The number of carboxylic acids is 1. The van der Waals surface area contributed by atoms with E-state index in [2.05, 4.69) is 20.3 Å². The molecule has 2 rings (SSSR count). The largest absolute Gasteiger partial charge is 0.480 e. The fraction of sp³-hybridized carbons (Fsp3) is 0.417. The summed E-state index contributed by atoms with van der Waals surface area (Å²) in [6.45, 7) is 3.49. The van der Waals surface area contributed by atoms with E-state index in [-0.39, 0.29) is 16.7 Å². The molecule has 112 valence electrons. The molecule has 1 heterocycles. The number of anilines is 1. The van der Waals surface area contributed by atoms with Crippen LogP contribution in [-0.4, -0.2) is 31.9 Å². The van der Waals surface area contributed by atoms with E-state index in [1.165, 1.54) is 12.1 Å². The zero-order chi connectivity index (χ0) is 15.6. The third-order valence-corrected chi connectivity index (χ3v) is 3.58. The molecule has 0 saturated carbocycles. The van der Waals surface area contributed by atoms with Crippen molar-refractivity contribution < 1.29 is 19.5 Å². The molecule has 9 nitrogen and oxygen atoms in total. The third-order valence-electron chi connectivity index (χ3n) is 3.58. The number of benzene rings is 1. The number of hydrogen-bond donors (Lipinski definition) is 2. The lowest BCUT2D eigenvalue weighted by atomic mass is 9.92. The minimum atomic E-state index is -1.18. The molecule has 0 spiro atoms. The Hall–Kier alpha value is -2.71. The summed E-state index contributed by atoms with van der Waals surface area (Å²) in [7, 11) is 0. The highest BCUT2D eigenvalue weighted by molar-refractivity contribution is 5.95. The number of nitrogens with zero attached hydrogens (tertiary/aromatic N) is 3. The van der Waals surface area contributed by atoms with Crippen LogP contribution in [-0.2, 0) is 4.79 Å². The Morgan fingerprint density at radius 1 is 1.38 bits per heavy atom. The van der Waals surface area contributed by atoms with Crippen LogP contribution >= 0.6 is 0 Å². The molecule has 1 aromatic heterocycles. The highest BCUT2D eigenvalue weighted by Crippen LogP contribution is 2.32. The van der Waals surface area contributed by atoms with Crippen molar-refractivity contribution >= 4 is 28.4 Å². The molecule has 0 fully saturated rings. The summed E-state index contributed by atoms with van der Waals surface area (Å²) in [6.07, 6.45) is 0.672. The number of nitrogens with one attached hydrogen (secondary N) is 1. The summed E-state index contributed by atoms with van der Waals surface area (Å²) in [5.74, 6) is -1.00. The Morgan fingerprint density at radius 3 is 2.52 bits per heavy atom. The van der Waals surface area contributed by atoms with Gasteiger partial charge in [0.25, 0.3) is 0 Å². The van der Waals surface area contributed by atoms with Crippen molar-refractivity contribution in [3.63, 3.8) is 0 Å². The SMILES string of the molecule is CCC(CC)(Nc1ccc([N+](=O)[O-])c2nonc12)C(=O)O. The van der Waals surface area contributed by atoms with E-state index in [4.69, 9.17) is 0 Å². The van der Waals surface area contributed by atoms with Crippen LogP contribution < -0.4 is 5.32 Å². The van der Waals surface area contributed by atoms with Crippen LogP contribution in [0, 0.1) is 10.1 Å². The van der Waals surface area contributed by atoms with E-state index in [0.29, 0.717) is 18.5 Å². The van der Waals surface area contributed by atoms with E-state index in [9.17, 15) is 20.0 Å². The molecule has 0 amide bonds. The Morgan fingerprint density at radius 2 is 2.00 bits per heavy atom. The predicted octanol–water partition coefficient (Wildman–Crippen LogP) is 2.19. The third kappa shape index (κ3) is 2.37. The van der Waals surface area contributed by atoms with Gasteiger partial charge in [-0.3, -0.25) is 10.1 Å². The lowest BCUT2D eigenvalue weighted by Gasteiger charge is -2.29. The van der Waals surface area contributed by atoms with Gasteiger partial charge in [-0.1, -0.05) is 13.8 Å². The zero-order valence-electron chi connectivity index (χ0n) is 11.5. The first-order valence-corrected chi connectivity index (χ1v) is 6.36. The number of non-ortho nitro benzene ring substituents is 1. The molecule has 9 heteroatoms. The first-order valence-electron chi connectivity index (χ1n) is 6.36. The topological polar surface area (TPSA) is 131 Å². The van der Waals surface area contributed by atoms with Crippen molar-refractivity contribution in [2.24, 2.45) is 0 Å². The smallest absolute Gasteiger partial charge is 0.329 e. The lowest BCUT2D eigenvalue weighted by Crippen LogP contribution is -2.45. The predicted molar refractivity (Wildman–Crippen MR) is 73.0 cm³/mol. The number of aromatic nitrogens is 2. The first kappa shape index (κ1) is 14.7. The Balaban J connectivity index is 2.53. The quantitative estimate of drug-likeness (QED) is 0.612. The van der Waals surface area contributed by atoms with Crippen LogP contribution in [0.2, 0.25) is 0 Å². The summed E-state index contributed by atoms with van der Waals surface area (Å²) in [5.41, 5.74) is -0.968. The van der Waals surface area contributed by atoms with Crippen molar-refractivity contribution in [3.05, 3.63) is 22.2 Å². The maximum atomic E-state index is 11.5. The van der Waals surface area contributed by atoms with Gasteiger partial charge in [-0.15, -0.1) is 0 Å². The maximum Gasteiger partial charge on any atom is 0.329 e. The van der Waals surface area contributed by atoms with E-state index in [0.717, 1.165) is 0 Å². The van der Waals surface area contributed by atoms with Gasteiger partial charge >= 0.3 is 11.7 Å². The van der Waals surface area contributed by atoms with E-state index >= 15 is 0 Å². The van der Waals surface area contributed by atoms with E-state index in [1.54, 1.807) is 13.8 Å². The Labute approximate surface area is 119 Å². The van der Waals surface area contributed by atoms with Gasteiger partial charge in [0.2, 0.25) is 5.52 Å². The number of aliphatic carboxylic acids is 1. The lowest BCUT2D eigenvalue weighted by molar-refractivity contribution is -0.383. The Kier molecular flexibility index (Phi) is 3.74. The number of nitro benzene ring substituents is 1. The molecule has 0 atom stereocenters. The highest BCUT2D eigenvalue weighted by atomic mass is 16.6. The number of rotatable bonds is 6. The van der Waals surface area contributed by atoms with E-state index in [1.807, 2.05) is 0 Å². The summed E-state index contributed by atoms with van der Waals surface area (Å²) in [4.78, 5) is 21.8. The number of carbonyl (C=O) groups is 1. The second kappa shape index (κ2) is 5.35. The molecule has 0 aliphatic rings. The average Bonchev–Trinajstić information content (AvgIpc) is 2.93. The molecule has 0 bridgehead atoms. The van der Waals surface area contributed by atoms with Gasteiger partial charge in [0, 0.05) is 6.07 Å². The summed E-state index contributed by atoms with van der Waals surface area (Å²) in [6, 6.07) is 2.65. The van der Waals surface area contributed by atoms with Crippen LogP contribution in [0.5, 0.6) is 0 Å². The molecule has 0 aliphatic heterocycles. The molecule has 0 aliphatic carbocycles. The highest BCUT2D eigenvalue weighted by Gasteiger charge is 2.36. The Bertz CT molecular complexity index is 692.